The Morgan fingerprint density at radius 2 is 1.23 bits per heavy atom. The molecular weight excluding hydrogens is 564 g/mol. The second kappa shape index (κ2) is 9.87. The topological polar surface area (TPSA) is 197 Å². The van der Waals surface area contributed by atoms with Crippen LogP contribution in [0.25, 0.3) is 0 Å². The monoisotopic (exact) mass is 592 g/mol. The van der Waals surface area contributed by atoms with Crippen LogP contribution < -0.4 is 20.3 Å². The molecule has 2 aliphatic heterocycles. The number of para-hydroxylation sites is 4. The molecular formula is C29H28N4O10. The molecule has 14 nitrogen and oxygen atoms in total. The summed E-state index contributed by atoms with van der Waals surface area (Å²) in [5, 5.41) is 40.9. The number of carbonyl (C=O) groups is 5. The molecule has 14 heteroatoms. The van der Waals surface area contributed by atoms with E-state index in [-0.39, 0.29) is 34.9 Å². The Morgan fingerprint density at radius 1 is 0.814 bits per heavy atom. The van der Waals surface area contributed by atoms with Crippen LogP contribution in [0.4, 0.5) is 22.7 Å². The number of nitrogens with zero attached hydrogens (tertiary/aromatic N) is 2. The molecule has 0 spiro atoms. The van der Waals surface area contributed by atoms with Crippen LogP contribution in [-0.2, 0) is 28.7 Å². The highest BCUT2D eigenvalue weighted by molar-refractivity contribution is 6.28. The Balaban J connectivity index is 1.56. The number of allylic oxidation sites excluding steroid dienone is 1. The predicted molar refractivity (Wildman–Crippen MR) is 144 cm³/mol. The molecule has 8 atom stereocenters. The second-order valence-corrected chi connectivity index (χ2v) is 11.3. The number of quaternary nitrogens is 2. The summed E-state index contributed by atoms with van der Waals surface area (Å²) in [7, 11) is 0. The van der Waals surface area contributed by atoms with Gasteiger partial charge in [0.2, 0.25) is 23.6 Å². The van der Waals surface area contributed by atoms with Gasteiger partial charge in [-0.15, -0.1) is 0 Å². The Kier molecular flexibility index (Phi) is 6.61. The first-order valence-corrected chi connectivity index (χ1v) is 13.7. The lowest BCUT2D eigenvalue weighted by atomic mass is 9.43. The molecule has 2 aromatic rings. The van der Waals surface area contributed by atoms with Gasteiger partial charge in [-0.3, -0.25) is 19.2 Å². The van der Waals surface area contributed by atoms with Crippen LogP contribution in [0.2, 0.25) is 0 Å². The van der Waals surface area contributed by atoms with Crippen LogP contribution in [0, 0.1) is 45.4 Å². The van der Waals surface area contributed by atoms with E-state index in [1.807, 2.05) is 0 Å². The first-order valence-electron chi connectivity index (χ1n) is 13.7. The Labute approximate surface area is 244 Å². The van der Waals surface area contributed by atoms with E-state index in [9.17, 15) is 44.8 Å². The molecule has 0 radical (unpaired) electrons. The van der Waals surface area contributed by atoms with Crippen LogP contribution in [0.3, 0.4) is 0 Å². The van der Waals surface area contributed by atoms with Crippen molar-refractivity contribution >= 4 is 52.3 Å². The van der Waals surface area contributed by atoms with Gasteiger partial charge in [0.05, 0.1) is 30.3 Å². The van der Waals surface area contributed by atoms with Gasteiger partial charge in [0, 0.05) is 29.0 Å². The number of anilines is 2. The molecule has 4 N–H and O–H groups in total. The third kappa shape index (κ3) is 3.65. The van der Waals surface area contributed by atoms with Crippen molar-refractivity contribution in [1.82, 2.24) is 0 Å². The highest BCUT2D eigenvalue weighted by atomic mass is 16.8. The lowest BCUT2D eigenvalue weighted by Crippen LogP contribution is -2.99. The molecule has 3 aliphatic carbocycles. The van der Waals surface area contributed by atoms with Gasteiger partial charge >= 0.3 is 5.97 Å². The fourth-order valence-corrected chi connectivity index (χ4v) is 7.98. The van der Waals surface area contributed by atoms with Crippen molar-refractivity contribution < 1.29 is 49.6 Å². The number of imide groups is 2. The highest BCUT2D eigenvalue weighted by Crippen LogP contribution is 2.69. The Bertz CT molecular complexity index is 1540. The van der Waals surface area contributed by atoms with Crippen molar-refractivity contribution in [3.05, 3.63) is 70.1 Å². The van der Waals surface area contributed by atoms with Crippen molar-refractivity contribution in [3.8, 4) is 0 Å². The van der Waals surface area contributed by atoms with E-state index in [0.717, 1.165) is 9.80 Å². The van der Waals surface area contributed by atoms with Crippen LogP contribution in [0.15, 0.2) is 59.7 Å². The number of hydrogen-bond acceptors (Lipinski definition) is 10. The summed E-state index contributed by atoms with van der Waals surface area (Å²) in [4.78, 5) is 71.9. The maximum Gasteiger partial charge on any atom is 0.334 e. The minimum atomic E-state index is -1.72. The molecule has 224 valence electrons. The smallest absolute Gasteiger partial charge is 0.334 e. The summed E-state index contributed by atoms with van der Waals surface area (Å²) in [6.45, 7) is 4.63. The maximum absolute atomic E-state index is 14.3. The largest absolute Gasteiger partial charge is 0.595 e. The fourth-order valence-electron chi connectivity index (χ4n) is 7.98. The molecule has 2 bridgehead atoms. The number of hydrogen-bond donors (Lipinski definition) is 4. The average molecular weight is 593 g/mol. The van der Waals surface area contributed by atoms with E-state index in [1.54, 1.807) is 13.8 Å². The van der Waals surface area contributed by atoms with Crippen molar-refractivity contribution in [2.45, 2.75) is 20.8 Å². The molecule has 3 fully saturated rings. The van der Waals surface area contributed by atoms with Gasteiger partial charge in [0.15, 0.2) is 11.4 Å². The molecule has 1 saturated carbocycles. The summed E-state index contributed by atoms with van der Waals surface area (Å²) < 4.78 is 5.34. The first kappa shape index (κ1) is 28.8. The van der Waals surface area contributed by atoms with Crippen molar-refractivity contribution in [3.63, 3.8) is 0 Å². The van der Waals surface area contributed by atoms with Gasteiger partial charge in [0.25, 0.3) is 0 Å². The molecule has 5 aliphatic rings. The molecule has 2 aromatic carbocycles. The SMILES string of the molecule is CCOC(=O)C1=C(C)C2[C@H]3C(=O)N(c4ccccc4[NH+]([O-])O)C(=O)[C@H]3C1(C)[C@H]1C(=O)N(c3ccccc3[NH+]([O-])O)C(=O)[C@@H]21. The van der Waals surface area contributed by atoms with Crippen molar-refractivity contribution in [2.24, 2.45) is 35.0 Å². The van der Waals surface area contributed by atoms with Crippen LogP contribution >= 0.6 is 0 Å². The summed E-state index contributed by atoms with van der Waals surface area (Å²) in [6, 6.07) is 11.0. The lowest BCUT2D eigenvalue weighted by molar-refractivity contribution is -0.990. The number of nitrogens with one attached hydrogen (secondary N) is 2. The van der Waals surface area contributed by atoms with Crippen LogP contribution in [0.1, 0.15) is 20.8 Å². The predicted octanol–water partition coefficient (Wildman–Crippen LogP) is -0.0659. The number of carbonyl (C=O) groups excluding carboxylic acids is 5. The van der Waals surface area contributed by atoms with Crippen molar-refractivity contribution in [1.29, 1.82) is 0 Å². The van der Waals surface area contributed by atoms with Gasteiger partial charge in [-0.2, -0.15) is 10.5 Å². The highest BCUT2D eigenvalue weighted by Gasteiger charge is 2.77. The molecule has 2 saturated heterocycles. The van der Waals surface area contributed by atoms with E-state index in [4.69, 9.17) is 4.74 Å². The minimum Gasteiger partial charge on any atom is -0.595 e. The van der Waals surface area contributed by atoms with Gasteiger partial charge in [0.1, 0.15) is 11.4 Å². The number of benzene rings is 2. The second-order valence-electron chi connectivity index (χ2n) is 11.3. The van der Waals surface area contributed by atoms with Gasteiger partial charge < -0.3 is 15.2 Å². The molecule has 2 heterocycles. The fraction of sp³-hybridized carbons (Fsp3) is 0.345. The number of ether oxygens (including phenoxy) is 1. The van der Waals surface area contributed by atoms with Crippen molar-refractivity contribution in [2.75, 3.05) is 16.4 Å². The summed E-state index contributed by atoms with van der Waals surface area (Å²) >= 11 is 0. The normalized spacial score (nSPS) is 31.0. The number of rotatable bonds is 6. The first-order chi connectivity index (χ1) is 20.4. The Morgan fingerprint density at radius 3 is 1.63 bits per heavy atom. The van der Waals surface area contributed by atoms with E-state index >= 15 is 0 Å². The van der Waals surface area contributed by atoms with E-state index in [0.29, 0.717) is 5.57 Å². The van der Waals surface area contributed by atoms with E-state index in [2.05, 4.69) is 0 Å². The minimum absolute atomic E-state index is 0.0193. The molecule has 43 heavy (non-hydrogen) atoms. The zero-order valence-electron chi connectivity index (χ0n) is 23.3. The molecule has 4 unspecified atom stereocenters. The molecule has 0 aromatic heterocycles. The number of esters is 1. The third-order valence-electron chi connectivity index (χ3n) is 9.43. The van der Waals surface area contributed by atoms with Crippen LogP contribution in [-0.4, -0.2) is 46.6 Å². The standard InChI is InChI=1S/C29H28N4O10/c1-4-43-28(38)21-13(2)18-19-22(26(36)30(24(19)34)14-9-5-7-11-16(14)32(39)40)29(21,3)23-20(18)25(35)31(27(23)37)15-10-6-8-12-17(15)33(41)42/h5-12,18-20,22-23,32-33,39,41H,4H2,1-3H3/t18?,19-,20+,22+,23-,29?. The summed E-state index contributed by atoms with van der Waals surface area (Å²) in [5.41, 5.74) is -2.27. The summed E-state index contributed by atoms with van der Waals surface area (Å²) in [6.07, 6.45) is 0. The average Bonchev–Trinajstić information content (AvgIpc) is 3.39. The molecule has 4 amide bonds. The lowest BCUT2D eigenvalue weighted by Gasteiger charge is -2.55. The maximum atomic E-state index is 14.3. The zero-order valence-corrected chi connectivity index (χ0v) is 23.3. The van der Waals surface area contributed by atoms with E-state index in [1.165, 1.54) is 55.5 Å². The Hall–Kier alpha value is -4.31. The quantitative estimate of drug-likeness (QED) is 0.200. The number of amides is 4. The van der Waals surface area contributed by atoms with E-state index < -0.39 is 75.1 Å². The summed E-state index contributed by atoms with van der Waals surface area (Å²) in [5.74, 6) is -9.95. The zero-order chi connectivity index (χ0) is 31.1. The van der Waals surface area contributed by atoms with Gasteiger partial charge in [-0.25, -0.2) is 25.0 Å². The molecule has 7 rings (SSSR count). The van der Waals surface area contributed by atoms with Gasteiger partial charge in [-0.1, -0.05) is 36.8 Å². The van der Waals surface area contributed by atoms with Crippen LogP contribution in [0.5, 0.6) is 0 Å². The van der Waals surface area contributed by atoms with Gasteiger partial charge in [-0.05, 0) is 26.0 Å². The third-order valence-corrected chi connectivity index (χ3v) is 9.43.